The Morgan fingerprint density at radius 3 is 2.77 bits per heavy atom. The van der Waals surface area contributed by atoms with Crippen LogP contribution in [0.4, 0.5) is 0 Å². The molecule has 1 N–H and O–H groups in total. The van der Waals surface area contributed by atoms with Crippen LogP contribution in [-0.2, 0) is 4.79 Å². The second-order valence-electron chi connectivity index (χ2n) is 8.34. The summed E-state index contributed by atoms with van der Waals surface area (Å²) in [7, 11) is 0. The maximum absolute atomic E-state index is 12.5. The van der Waals surface area contributed by atoms with Gasteiger partial charge in [-0.3, -0.25) is 14.6 Å². The van der Waals surface area contributed by atoms with Crippen LogP contribution >= 0.6 is 0 Å². The van der Waals surface area contributed by atoms with E-state index in [0.717, 1.165) is 37.4 Å². The molecule has 1 amide bonds. The van der Waals surface area contributed by atoms with Crippen molar-refractivity contribution in [2.75, 3.05) is 26.2 Å². The van der Waals surface area contributed by atoms with Gasteiger partial charge in [0.2, 0.25) is 5.91 Å². The molecule has 0 aromatic rings. The van der Waals surface area contributed by atoms with Gasteiger partial charge in [-0.05, 0) is 58.4 Å². The van der Waals surface area contributed by atoms with E-state index >= 15 is 0 Å². The van der Waals surface area contributed by atoms with E-state index in [1.807, 2.05) is 0 Å². The number of hydrogen-bond acceptors (Lipinski definition) is 3. The maximum Gasteiger partial charge on any atom is 0.237 e. The van der Waals surface area contributed by atoms with Crippen LogP contribution < -0.4 is 5.32 Å². The monoisotopic (exact) mass is 307 g/mol. The van der Waals surface area contributed by atoms with Crippen molar-refractivity contribution in [3.63, 3.8) is 0 Å². The fourth-order valence-corrected chi connectivity index (χ4v) is 4.60. The van der Waals surface area contributed by atoms with Crippen molar-refractivity contribution in [1.82, 2.24) is 15.1 Å². The molecule has 126 valence electrons. The Balaban J connectivity index is 1.58. The summed E-state index contributed by atoms with van der Waals surface area (Å²) in [6.07, 6.45) is 5.11. The number of carbonyl (C=O) groups is 1. The largest absolute Gasteiger partial charge is 0.350 e. The van der Waals surface area contributed by atoms with Gasteiger partial charge in [0.05, 0.1) is 6.04 Å². The highest BCUT2D eigenvalue weighted by Crippen LogP contribution is 2.40. The number of fused-ring (bicyclic) bond motifs is 3. The van der Waals surface area contributed by atoms with E-state index in [4.69, 9.17) is 0 Å². The Morgan fingerprint density at radius 2 is 2.05 bits per heavy atom. The molecule has 3 heterocycles. The molecule has 0 unspecified atom stereocenters. The third-order valence-electron chi connectivity index (χ3n) is 6.42. The molecule has 22 heavy (non-hydrogen) atoms. The lowest BCUT2D eigenvalue weighted by molar-refractivity contribution is -0.127. The number of amides is 1. The van der Waals surface area contributed by atoms with Gasteiger partial charge >= 0.3 is 0 Å². The molecule has 3 aliphatic heterocycles. The third kappa shape index (κ3) is 3.05. The zero-order chi connectivity index (χ0) is 15.9. The lowest BCUT2D eigenvalue weighted by Gasteiger charge is -2.34. The summed E-state index contributed by atoms with van der Waals surface area (Å²) in [5.41, 5.74) is -0.0961. The van der Waals surface area contributed by atoms with Crippen molar-refractivity contribution in [3.8, 4) is 0 Å². The van der Waals surface area contributed by atoms with Gasteiger partial charge in [0, 0.05) is 31.2 Å². The minimum atomic E-state index is -0.0961. The molecule has 0 aromatic heterocycles. The SMILES string of the molecule is CCC(C)(C)NC(=O)[C@H](C)N1C[C@@H]2CN3CCCC[C@H]3[C@@H]2C1. The van der Waals surface area contributed by atoms with Crippen LogP contribution in [0.5, 0.6) is 0 Å². The molecule has 0 bridgehead atoms. The smallest absolute Gasteiger partial charge is 0.237 e. The summed E-state index contributed by atoms with van der Waals surface area (Å²) in [5.74, 6) is 1.79. The number of carbonyl (C=O) groups excluding carboxylic acids is 1. The Bertz CT molecular complexity index is 423. The molecule has 3 fully saturated rings. The van der Waals surface area contributed by atoms with Gasteiger partial charge in [-0.2, -0.15) is 0 Å². The summed E-state index contributed by atoms with van der Waals surface area (Å²) in [6.45, 7) is 13.2. The molecule has 0 saturated carbocycles. The third-order valence-corrected chi connectivity index (χ3v) is 6.42. The van der Waals surface area contributed by atoms with E-state index in [1.165, 1.54) is 32.4 Å². The normalized spacial score (nSPS) is 34.3. The van der Waals surface area contributed by atoms with Crippen molar-refractivity contribution < 1.29 is 4.79 Å². The van der Waals surface area contributed by atoms with Crippen LogP contribution in [-0.4, -0.2) is 59.5 Å². The van der Waals surface area contributed by atoms with Gasteiger partial charge in [0.25, 0.3) is 0 Å². The average Bonchev–Trinajstić information content (AvgIpc) is 3.03. The van der Waals surface area contributed by atoms with Crippen LogP contribution in [0.3, 0.4) is 0 Å². The van der Waals surface area contributed by atoms with Gasteiger partial charge in [0.1, 0.15) is 0 Å². The van der Waals surface area contributed by atoms with Crippen molar-refractivity contribution in [2.24, 2.45) is 11.8 Å². The summed E-state index contributed by atoms with van der Waals surface area (Å²) in [5, 5.41) is 3.21. The summed E-state index contributed by atoms with van der Waals surface area (Å²) >= 11 is 0. The fraction of sp³-hybridized carbons (Fsp3) is 0.944. The molecule has 3 rings (SSSR count). The Labute approximate surface area is 135 Å². The molecule has 4 heteroatoms. The molecule has 0 aromatic carbocycles. The molecule has 0 spiro atoms. The predicted octanol–water partition coefficient (Wildman–Crippen LogP) is 2.10. The highest BCUT2D eigenvalue weighted by Gasteiger charge is 2.48. The molecule has 0 radical (unpaired) electrons. The first kappa shape index (κ1) is 16.3. The Morgan fingerprint density at radius 1 is 1.27 bits per heavy atom. The number of nitrogens with one attached hydrogen (secondary N) is 1. The van der Waals surface area contributed by atoms with Crippen LogP contribution in [0, 0.1) is 11.8 Å². The van der Waals surface area contributed by atoms with Crippen LogP contribution in [0.25, 0.3) is 0 Å². The van der Waals surface area contributed by atoms with Gasteiger partial charge in [0.15, 0.2) is 0 Å². The highest BCUT2D eigenvalue weighted by atomic mass is 16.2. The Kier molecular flexibility index (Phi) is 4.52. The van der Waals surface area contributed by atoms with Crippen LogP contribution in [0.15, 0.2) is 0 Å². The first-order chi connectivity index (χ1) is 10.4. The van der Waals surface area contributed by atoms with E-state index in [2.05, 4.69) is 42.8 Å². The molecular formula is C18H33N3O. The first-order valence-electron chi connectivity index (χ1n) is 9.21. The standard InChI is InChI=1S/C18H33N3O/c1-5-18(3,4)19-17(22)13(2)21-11-14-10-20-9-7-6-8-16(20)15(14)12-21/h13-16H,5-12H2,1-4H3,(H,19,22)/t13-,14-,15+,16-/m0/s1. The summed E-state index contributed by atoms with van der Waals surface area (Å²) in [4.78, 5) is 17.7. The minimum Gasteiger partial charge on any atom is -0.350 e. The zero-order valence-corrected chi connectivity index (χ0v) is 14.8. The molecule has 4 nitrogen and oxygen atoms in total. The van der Waals surface area contributed by atoms with E-state index in [1.54, 1.807) is 0 Å². The van der Waals surface area contributed by atoms with E-state index in [-0.39, 0.29) is 17.5 Å². The Hall–Kier alpha value is -0.610. The minimum absolute atomic E-state index is 0.00784. The summed E-state index contributed by atoms with van der Waals surface area (Å²) < 4.78 is 0. The van der Waals surface area contributed by atoms with Crippen LogP contribution in [0.1, 0.15) is 53.4 Å². The van der Waals surface area contributed by atoms with E-state index in [9.17, 15) is 4.79 Å². The second-order valence-corrected chi connectivity index (χ2v) is 8.34. The number of nitrogens with zero attached hydrogens (tertiary/aromatic N) is 2. The molecule has 0 aliphatic carbocycles. The molecule has 3 aliphatic rings. The summed E-state index contributed by atoms with van der Waals surface area (Å²) in [6, 6.07) is 0.805. The number of hydrogen-bond donors (Lipinski definition) is 1. The van der Waals surface area contributed by atoms with E-state index in [0.29, 0.717) is 0 Å². The number of piperidine rings is 1. The highest BCUT2D eigenvalue weighted by molar-refractivity contribution is 5.82. The van der Waals surface area contributed by atoms with E-state index < -0.39 is 0 Å². The van der Waals surface area contributed by atoms with Crippen molar-refractivity contribution in [2.45, 2.75) is 71.0 Å². The lowest BCUT2D eigenvalue weighted by Crippen LogP contribution is -2.52. The van der Waals surface area contributed by atoms with Gasteiger partial charge < -0.3 is 5.32 Å². The van der Waals surface area contributed by atoms with Crippen molar-refractivity contribution in [3.05, 3.63) is 0 Å². The lowest BCUT2D eigenvalue weighted by atomic mass is 9.90. The molecular weight excluding hydrogens is 274 g/mol. The van der Waals surface area contributed by atoms with Gasteiger partial charge in [-0.1, -0.05) is 13.3 Å². The molecule has 3 saturated heterocycles. The quantitative estimate of drug-likeness (QED) is 0.864. The van der Waals surface area contributed by atoms with Gasteiger partial charge in [-0.25, -0.2) is 0 Å². The van der Waals surface area contributed by atoms with Gasteiger partial charge in [-0.15, -0.1) is 0 Å². The topological polar surface area (TPSA) is 35.6 Å². The maximum atomic E-state index is 12.5. The first-order valence-corrected chi connectivity index (χ1v) is 9.21. The number of likely N-dealkylation sites (tertiary alicyclic amines) is 1. The average molecular weight is 307 g/mol. The zero-order valence-electron chi connectivity index (χ0n) is 14.8. The predicted molar refractivity (Wildman–Crippen MR) is 89.7 cm³/mol. The molecule has 4 atom stereocenters. The van der Waals surface area contributed by atoms with Crippen LogP contribution in [0.2, 0.25) is 0 Å². The second kappa shape index (κ2) is 6.12. The van der Waals surface area contributed by atoms with Crippen molar-refractivity contribution >= 4 is 5.91 Å². The fourth-order valence-electron chi connectivity index (χ4n) is 4.60. The number of rotatable bonds is 4. The van der Waals surface area contributed by atoms with Crippen molar-refractivity contribution in [1.29, 1.82) is 0 Å².